The molecule has 6 heteroatoms. The molecule has 1 fully saturated rings. The summed E-state index contributed by atoms with van der Waals surface area (Å²) in [4.78, 5) is 4.54. The van der Waals surface area contributed by atoms with Crippen LogP contribution in [-0.4, -0.2) is 20.3 Å². The molecule has 0 atom stereocenters. The molecule has 24 heavy (non-hydrogen) atoms. The summed E-state index contributed by atoms with van der Waals surface area (Å²) in [6, 6.07) is 7.48. The maximum absolute atomic E-state index is 12.2. The third-order valence-electron chi connectivity index (χ3n) is 5.07. The van der Waals surface area contributed by atoms with E-state index >= 15 is 0 Å². The number of hydrogen-bond acceptors (Lipinski definition) is 3. The van der Waals surface area contributed by atoms with Crippen LogP contribution in [0.25, 0.3) is 21.9 Å². The number of nitrogens with zero attached hydrogens (tertiary/aromatic N) is 3. The molecule has 2 heterocycles. The molecule has 0 radical (unpaired) electrons. The third-order valence-corrected chi connectivity index (χ3v) is 5.31. The molecule has 0 spiro atoms. The zero-order chi connectivity index (χ0) is 16.7. The van der Waals surface area contributed by atoms with E-state index < -0.39 is 5.60 Å². The number of fused-ring (bicyclic) bond motifs is 3. The predicted molar refractivity (Wildman–Crippen MR) is 93.8 cm³/mol. The summed E-state index contributed by atoms with van der Waals surface area (Å²) in [7, 11) is 0. The predicted octanol–water partition coefficient (Wildman–Crippen LogP) is 3.26. The summed E-state index contributed by atoms with van der Waals surface area (Å²) in [5, 5.41) is 24.1. The number of aliphatic hydroxyl groups is 1. The van der Waals surface area contributed by atoms with Crippen LogP contribution in [0.2, 0.25) is 0 Å². The van der Waals surface area contributed by atoms with Crippen molar-refractivity contribution in [3.63, 3.8) is 0 Å². The highest BCUT2D eigenvalue weighted by Gasteiger charge is 2.31. The smallest absolute Gasteiger partial charge is 0.226 e. The van der Waals surface area contributed by atoms with E-state index in [4.69, 9.17) is 11.6 Å². The second-order valence-corrected chi connectivity index (χ2v) is 7.01. The number of halogens is 1. The molecule has 0 aliphatic heterocycles. The van der Waals surface area contributed by atoms with Gasteiger partial charge in [0.05, 0.1) is 28.9 Å². The summed E-state index contributed by atoms with van der Waals surface area (Å²) in [5.74, 6) is 0.944. The minimum Gasteiger partial charge on any atom is -0.618 e. The Kier molecular flexibility index (Phi) is 3.85. The Morgan fingerprint density at radius 1 is 1.25 bits per heavy atom. The first kappa shape index (κ1) is 15.7. The molecule has 0 saturated heterocycles. The average Bonchev–Trinajstić information content (AvgIpc) is 2.92. The lowest BCUT2D eigenvalue weighted by Gasteiger charge is -2.33. The lowest BCUT2D eigenvalue weighted by atomic mass is 9.85. The number of imidazole rings is 1. The summed E-state index contributed by atoms with van der Waals surface area (Å²) in [6.45, 7) is 0.471. The highest BCUT2D eigenvalue weighted by atomic mass is 35.5. The molecule has 126 valence electrons. The maximum Gasteiger partial charge on any atom is 0.226 e. The summed E-state index contributed by atoms with van der Waals surface area (Å²) in [6.07, 6.45) is 6.34. The molecule has 3 aromatic rings. The van der Waals surface area contributed by atoms with E-state index in [2.05, 4.69) is 4.98 Å². The van der Waals surface area contributed by atoms with Crippen molar-refractivity contribution in [3.8, 4) is 0 Å². The molecule has 1 saturated carbocycles. The van der Waals surface area contributed by atoms with E-state index in [-0.39, 0.29) is 5.88 Å². The van der Waals surface area contributed by atoms with Gasteiger partial charge >= 0.3 is 0 Å². The molecule has 1 N–H and O–H groups in total. The highest BCUT2D eigenvalue weighted by Crippen LogP contribution is 2.32. The number of aromatic nitrogens is 3. The number of para-hydroxylation sites is 1. The van der Waals surface area contributed by atoms with Gasteiger partial charge in [-0.25, -0.2) is 4.98 Å². The van der Waals surface area contributed by atoms with Gasteiger partial charge in [0, 0.05) is 6.07 Å². The SMILES string of the molecule is [O-][n+]1cc2nc(CCl)n(CC3(O)CCCCC3)c2c2ccccc21. The molecular weight excluding hydrogens is 326 g/mol. The van der Waals surface area contributed by atoms with E-state index in [1.807, 2.05) is 22.8 Å². The Bertz CT molecular complexity index is 900. The van der Waals surface area contributed by atoms with Crippen molar-refractivity contribution >= 4 is 33.5 Å². The van der Waals surface area contributed by atoms with Gasteiger partial charge in [-0.1, -0.05) is 31.4 Å². The molecule has 5 nitrogen and oxygen atoms in total. The lowest BCUT2D eigenvalue weighted by molar-refractivity contribution is -0.575. The van der Waals surface area contributed by atoms with E-state index in [9.17, 15) is 10.3 Å². The monoisotopic (exact) mass is 345 g/mol. The van der Waals surface area contributed by atoms with Crippen LogP contribution in [0.4, 0.5) is 0 Å². The Hall–Kier alpha value is -1.85. The molecule has 0 bridgehead atoms. The number of hydrogen-bond donors (Lipinski definition) is 1. The normalized spacial score (nSPS) is 17.6. The van der Waals surface area contributed by atoms with Gasteiger partial charge in [-0.05, 0) is 18.9 Å². The Morgan fingerprint density at radius 3 is 2.75 bits per heavy atom. The fourth-order valence-electron chi connectivity index (χ4n) is 3.87. The highest BCUT2D eigenvalue weighted by molar-refractivity contribution is 6.17. The van der Waals surface area contributed by atoms with Crippen LogP contribution >= 0.6 is 11.6 Å². The van der Waals surface area contributed by atoms with Crippen LogP contribution in [0.5, 0.6) is 0 Å². The standard InChI is InChI=1S/C18H20ClN3O2/c19-10-16-20-14-11-22(24)15-7-3-2-6-13(15)17(14)21(16)12-18(23)8-4-1-5-9-18/h2-3,6-7,11,23H,1,4-5,8-10,12H2. The maximum atomic E-state index is 12.2. The van der Waals surface area contributed by atoms with Crippen LogP contribution in [0.1, 0.15) is 37.9 Å². The second-order valence-electron chi connectivity index (χ2n) is 6.74. The Morgan fingerprint density at radius 2 is 2.00 bits per heavy atom. The van der Waals surface area contributed by atoms with Gasteiger partial charge in [0.25, 0.3) is 0 Å². The van der Waals surface area contributed by atoms with Crippen LogP contribution in [0.15, 0.2) is 30.5 Å². The minimum absolute atomic E-state index is 0.248. The van der Waals surface area contributed by atoms with E-state index in [0.29, 0.717) is 23.4 Å². The molecule has 2 aromatic heterocycles. The summed E-state index contributed by atoms with van der Waals surface area (Å²) < 4.78 is 2.86. The fourth-order valence-corrected chi connectivity index (χ4v) is 4.08. The van der Waals surface area contributed by atoms with E-state index in [1.54, 1.807) is 6.07 Å². The van der Waals surface area contributed by atoms with Crippen LogP contribution in [0, 0.1) is 5.21 Å². The van der Waals surface area contributed by atoms with Crippen molar-refractivity contribution in [2.75, 3.05) is 0 Å². The van der Waals surface area contributed by atoms with Crippen molar-refractivity contribution in [1.82, 2.24) is 9.55 Å². The fraction of sp³-hybridized carbons (Fsp3) is 0.444. The van der Waals surface area contributed by atoms with Crippen molar-refractivity contribution in [3.05, 3.63) is 41.5 Å². The van der Waals surface area contributed by atoms with Crippen molar-refractivity contribution in [2.45, 2.75) is 50.1 Å². The number of alkyl halides is 1. The lowest BCUT2D eigenvalue weighted by Crippen LogP contribution is -2.36. The third kappa shape index (κ3) is 2.52. The Balaban J connectivity index is 1.94. The van der Waals surface area contributed by atoms with Crippen molar-refractivity contribution in [2.24, 2.45) is 0 Å². The van der Waals surface area contributed by atoms with Crippen LogP contribution in [-0.2, 0) is 12.4 Å². The minimum atomic E-state index is -0.725. The first-order valence-corrected chi connectivity index (χ1v) is 8.93. The Labute approximate surface area is 145 Å². The molecule has 1 aliphatic rings. The molecule has 1 aromatic carbocycles. The molecule has 0 amide bonds. The number of rotatable bonds is 3. The summed E-state index contributed by atoms with van der Waals surface area (Å²) in [5.41, 5.74) is 1.38. The van der Waals surface area contributed by atoms with Crippen molar-refractivity contribution in [1.29, 1.82) is 0 Å². The van der Waals surface area contributed by atoms with Gasteiger partial charge in [-0.3, -0.25) is 0 Å². The number of pyridine rings is 1. The zero-order valence-electron chi connectivity index (χ0n) is 13.4. The van der Waals surface area contributed by atoms with Gasteiger partial charge in [-0.2, -0.15) is 4.73 Å². The zero-order valence-corrected chi connectivity index (χ0v) is 14.2. The van der Waals surface area contributed by atoms with Gasteiger partial charge in [0.1, 0.15) is 5.82 Å². The molecule has 1 aliphatic carbocycles. The van der Waals surface area contributed by atoms with E-state index in [1.165, 1.54) is 12.6 Å². The molecular formula is C18H20ClN3O2. The van der Waals surface area contributed by atoms with Crippen LogP contribution in [0.3, 0.4) is 0 Å². The first-order chi connectivity index (χ1) is 11.6. The van der Waals surface area contributed by atoms with Gasteiger partial charge < -0.3 is 14.9 Å². The number of benzene rings is 1. The summed E-state index contributed by atoms with van der Waals surface area (Å²) >= 11 is 6.11. The molecule has 4 rings (SSSR count). The van der Waals surface area contributed by atoms with Gasteiger partial charge in [-0.15, -0.1) is 11.6 Å². The van der Waals surface area contributed by atoms with Crippen molar-refractivity contribution < 1.29 is 9.84 Å². The van der Waals surface area contributed by atoms with Crippen LogP contribution < -0.4 is 4.73 Å². The molecule has 0 unspecified atom stereocenters. The quantitative estimate of drug-likeness (QED) is 0.450. The largest absolute Gasteiger partial charge is 0.618 e. The average molecular weight is 346 g/mol. The van der Waals surface area contributed by atoms with E-state index in [0.717, 1.165) is 41.3 Å². The van der Waals surface area contributed by atoms with Gasteiger partial charge in [0.2, 0.25) is 11.7 Å². The van der Waals surface area contributed by atoms with Gasteiger partial charge in [0.15, 0.2) is 5.52 Å². The first-order valence-electron chi connectivity index (χ1n) is 8.40. The second kappa shape index (κ2) is 5.90. The topological polar surface area (TPSA) is 65.0 Å².